The molecule has 0 aliphatic carbocycles. The van der Waals surface area contributed by atoms with E-state index in [4.69, 9.17) is 23.2 Å². The van der Waals surface area contributed by atoms with E-state index < -0.39 is 10.0 Å². The predicted molar refractivity (Wildman–Crippen MR) is 113 cm³/mol. The Bertz CT molecular complexity index is 1130. The molecule has 8 heteroatoms. The molecule has 0 atom stereocenters. The van der Waals surface area contributed by atoms with Gasteiger partial charge in [0, 0.05) is 16.3 Å². The Morgan fingerprint density at radius 2 is 1.57 bits per heavy atom. The summed E-state index contributed by atoms with van der Waals surface area (Å²) < 4.78 is 27.3. The Balaban J connectivity index is 1.80. The predicted octanol–water partition coefficient (Wildman–Crippen LogP) is 5.35. The Hall–Kier alpha value is -2.54. The first-order valence-electron chi connectivity index (χ1n) is 8.22. The van der Waals surface area contributed by atoms with Gasteiger partial charge < -0.3 is 5.32 Å². The molecular formula is C20H16Cl2N2O3S. The van der Waals surface area contributed by atoms with Crippen molar-refractivity contribution >= 4 is 50.5 Å². The van der Waals surface area contributed by atoms with Crippen molar-refractivity contribution in [1.82, 2.24) is 0 Å². The van der Waals surface area contributed by atoms with Gasteiger partial charge in [-0.15, -0.1) is 0 Å². The Morgan fingerprint density at radius 1 is 0.857 bits per heavy atom. The summed E-state index contributed by atoms with van der Waals surface area (Å²) in [6.07, 6.45) is 0. The highest BCUT2D eigenvalue weighted by atomic mass is 35.5. The highest BCUT2D eigenvalue weighted by molar-refractivity contribution is 7.92. The average Bonchev–Trinajstić information content (AvgIpc) is 2.67. The summed E-state index contributed by atoms with van der Waals surface area (Å²) in [5, 5.41) is 3.42. The lowest BCUT2D eigenvalue weighted by Gasteiger charge is -2.12. The fraction of sp³-hybridized carbons (Fsp3) is 0.0500. The van der Waals surface area contributed by atoms with Gasteiger partial charge in [0.05, 0.1) is 15.6 Å². The van der Waals surface area contributed by atoms with E-state index in [1.54, 1.807) is 43.3 Å². The van der Waals surface area contributed by atoms with E-state index in [0.29, 0.717) is 10.7 Å². The van der Waals surface area contributed by atoms with Gasteiger partial charge in [0.2, 0.25) is 0 Å². The highest BCUT2D eigenvalue weighted by Gasteiger charge is 2.17. The van der Waals surface area contributed by atoms with Crippen LogP contribution in [0, 0.1) is 6.92 Å². The second-order valence-electron chi connectivity index (χ2n) is 5.98. The van der Waals surface area contributed by atoms with Crippen LogP contribution in [-0.4, -0.2) is 14.3 Å². The Labute approximate surface area is 173 Å². The molecule has 5 nitrogen and oxygen atoms in total. The molecule has 0 saturated carbocycles. The average molecular weight is 435 g/mol. The van der Waals surface area contributed by atoms with Crippen LogP contribution >= 0.6 is 23.2 Å². The van der Waals surface area contributed by atoms with Crippen LogP contribution in [0.2, 0.25) is 10.0 Å². The van der Waals surface area contributed by atoms with Crippen molar-refractivity contribution in [3.63, 3.8) is 0 Å². The summed E-state index contributed by atoms with van der Waals surface area (Å²) in [5.74, 6) is -0.385. The van der Waals surface area contributed by atoms with Gasteiger partial charge in [-0.25, -0.2) is 8.42 Å². The van der Waals surface area contributed by atoms with Gasteiger partial charge >= 0.3 is 0 Å². The van der Waals surface area contributed by atoms with Crippen LogP contribution in [0.5, 0.6) is 0 Å². The van der Waals surface area contributed by atoms with Crippen molar-refractivity contribution < 1.29 is 13.2 Å². The van der Waals surface area contributed by atoms with Gasteiger partial charge in [0.15, 0.2) is 0 Å². The SMILES string of the molecule is Cc1c(Cl)cccc1NC(=O)c1ccc(NS(=O)(=O)c2ccccc2)c(Cl)c1. The first kappa shape index (κ1) is 20.2. The molecule has 2 N–H and O–H groups in total. The number of hydrogen-bond acceptors (Lipinski definition) is 3. The molecule has 0 heterocycles. The summed E-state index contributed by atoms with van der Waals surface area (Å²) in [5.41, 5.74) is 1.80. The lowest BCUT2D eigenvalue weighted by molar-refractivity contribution is 0.102. The van der Waals surface area contributed by atoms with Gasteiger partial charge in [0.25, 0.3) is 15.9 Å². The maximum absolute atomic E-state index is 12.5. The number of amides is 1. The molecule has 0 radical (unpaired) electrons. The topological polar surface area (TPSA) is 75.3 Å². The number of benzene rings is 3. The Morgan fingerprint density at radius 3 is 2.25 bits per heavy atom. The molecule has 3 rings (SSSR count). The van der Waals surface area contributed by atoms with E-state index >= 15 is 0 Å². The number of rotatable bonds is 5. The van der Waals surface area contributed by atoms with Crippen molar-refractivity contribution in [1.29, 1.82) is 0 Å². The second-order valence-corrected chi connectivity index (χ2v) is 8.48. The molecule has 0 spiro atoms. The molecule has 28 heavy (non-hydrogen) atoms. The van der Waals surface area contributed by atoms with Crippen molar-refractivity contribution in [3.05, 3.63) is 87.9 Å². The molecule has 1 amide bonds. The number of nitrogens with one attached hydrogen (secondary N) is 2. The fourth-order valence-electron chi connectivity index (χ4n) is 2.48. The van der Waals surface area contributed by atoms with Crippen molar-refractivity contribution in [2.45, 2.75) is 11.8 Å². The molecule has 144 valence electrons. The number of hydrogen-bond donors (Lipinski definition) is 2. The van der Waals surface area contributed by atoms with Crippen LogP contribution in [0.4, 0.5) is 11.4 Å². The maximum atomic E-state index is 12.5. The summed E-state index contributed by atoms with van der Waals surface area (Å²) in [4.78, 5) is 12.6. The molecule has 0 unspecified atom stereocenters. The monoisotopic (exact) mass is 434 g/mol. The van der Waals surface area contributed by atoms with Crippen molar-refractivity contribution in [2.75, 3.05) is 10.0 Å². The molecule has 0 aliphatic rings. The molecule has 0 aliphatic heterocycles. The first-order valence-corrected chi connectivity index (χ1v) is 10.5. The van der Waals surface area contributed by atoms with Gasteiger partial charge in [-0.3, -0.25) is 9.52 Å². The highest BCUT2D eigenvalue weighted by Crippen LogP contribution is 2.27. The lowest BCUT2D eigenvalue weighted by atomic mass is 10.1. The van der Waals surface area contributed by atoms with Crippen LogP contribution in [0.25, 0.3) is 0 Å². The van der Waals surface area contributed by atoms with Crippen LogP contribution < -0.4 is 10.0 Å². The van der Waals surface area contributed by atoms with Crippen LogP contribution in [0.3, 0.4) is 0 Å². The number of sulfonamides is 1. The molecule has 0 aromatic heterocycles. The molecule has 3 aromatic rings. The lowest BCUT2D eigenvalue weighted by Crippen LogP contribution is -2.15. The number of carbonyl (C=O) groups excluding carboxylic acids is 1. The zero-order chi connectivity index (χ0) is 20.3. The summed E-state index contributed by atoms with van der Waals surface area (Å²) >= 11 is 12.3. The van der Waals surface area contributed by atoms with E-state index in [1.807, 2.05) is 0 Å². The summed E-state index contributed by atoms with van der Waals surface area (Å²) in [6.45, 7) is 1.80. The van der Waals surface area contributed by atoms with Gasteiger partial charge in [-0.1, -0.05) is 47.5 Å². The number of carbonyl (C=O) groups is 1. The molecule has 0 bridgehead atoms. The third-order valence-electron chi connectivity index (χ3n) is 4.04. The zero-order valence-electron chi connectivity index (χ0n) is 14.7. The van der Waals surface area contributed by atoms with E-state index in [9.17, 15) is 13.2 Å². The summed E-state index contributed by atoms with van der Waals surface area (Å²) in [7, 11) is -3.78. The van der Waals surface area contributed by atoms with Crippen LogP contribution in [0.1, 0.15) is 15.9 Å². The second kappa shape index (κ2) is 8.22. The third-order valence-corrected chi connectivity index (χ3v) is 6.15. The molecule has 0 saturated heterocycles. The maximum Gasteiger partial charge on any atom is 0.261 e. The minimum atomic E-state index is -3.78. The number of anilines is 2. The molecule has 3 aromatic carbocycles. The quantitative estimate of drug-likeness (QED) is 0.567. The first-order chi connectivity index (χ1) is 13.3. The fourth-order valence-corrected chi connectivity index (χ4v) is 4.04. The normalized spacial score (nSPS) is 11.1. The molecular weight excluding hydrogens is 419 g/mol. The van der Waals surface area contributed by atoms with Gasteiger partial charge in [-0.2, -0.15) is 0 Å². The van der Waals surface area contributed by atoms with Gasteiger partial charge in [0.1, 0.15) is 0 Å². The van der Waals surface area contributed by atoms with E-state index in [-0.39, 0.29) is 27.1 Å². The van der Waals surface area contributed by atoms with Gasteiger partial charge in [-0.05, 0) is 55.0 Å². The zero-order valence-corrected chi connectivity index (χ0v) is 17.1. The standard InChI is InChI=1S/C20H16Cl2N2O3S/c1-13-16(21)8-5-9-18(13)23-20(25)14-10-11-19(17(22)12-14)24-28(26,27)15-6-3-2-4-7-15/h2-12,24H,1H3,(H,23,25). The van der Waals surface area contributed by atoms with E-state index in [0.717, 1.165) is 5.56 Å². The third kappa shape index (κ3) is 4.47. The van der Waals surface area contributed by atoms with Crippen LogP contribution in [-0.2, 0) is 10.0 Å². The van der Waals surface area contributed by atoms with E-state index in [2.05, 4.69) is 10.0 Å². The minimum absolute atomic E-state index is 0.106. The Kier molecular flexibility index (Phi) is 5.93. The molecule has 0 fully saturated rings. The summed E-state index contributed by atoms with van der Waals surface area (Å²) in [6, 6.07) is 17.5. The smallest absolute Gasteiger partial charge is 0.261 e. The van der Waals surface area contributed by atoms with E-state index in [1.165, 1.54) is 30.3 Å². The number of halogens is 2. The van der Waals surface area contributed by atoms with Crippen LogP contribution in [0.15, 0.2) is 71.6 Å². The van der Waals surface area contributed by atoms with Crippen molar-refractivity contribution in [2.24, 2.45) is 0 Å². The largest absolute Gasteiger partial charge is 0.322 e. The van der Waals surface area contributed by atoms with Crippen molar-refractivity contribution in [3.8, 4) is 0 Å². The minimum Gasteiger partial charge on any atom is -0.322 e.